The molecule has 0 amide bonds. The van der Waals surface area contributed by atoms with E-state index >= 15 is 0 Å². The molecule has 1 aromatic heterocycles. The van der Waals surface area contributed by atoms with Crippen LogP contribution in [0.2, 0.25) is 10.0 Å². The molecule has 0 saturated heterocycles. The third-order valence-electron chi connectivity index (χ3n) is 3.45. The van der Waals surface area contributed by atoms with Crippen LogP contribution in [0, 0.1) is 21.4 Å². The number of nitriles is 1. The van der Waals surface area contributed by atoms with Gasteiger partial charge in [0.2, 0.25) is 0 Å². The highest BCUT2D eigenvalue weighted by Crippen LogP contribution is 2.33. The van der Waals surface area contributed by atoms with Gasteiger partial charge in [0, 0.05) is 28.1 Å². The summed E-state index contributed by atoms with van der Waals surface area (Å²) in [5.41, 5.74) is 2.17. The van der Waals surface area contributed by atoms with Gasteiger partial charge in [0.05, 0.1) is 21.2 Å². The Morgan fingerprint density at radius 2 is 2.08 bits per heavy atom. The smallest absolute Gasteiger partial charge is 0.258 e. The Labute approximate surface area is 162 Å². The van der Waals surface area contributed by atoms with Crippen LogP contribution in [-0.2, 0) is 0 Å². The molecule has 0 saturated carbocycles. The van der Waals surface area contributed by atoms with Gasteiger partial charge in [0.1, 0.15) is 11.1 Å². The van der Waals surface area contributed by atoms with E-state index in [4.69, 9.17) is 23.2 Å². The van der Waals surface area contributed by atoms with Crippen LogP contribution in [0.1, 0.15) is 10.6 Å². The minimum Gasteiger partial charge on any atom is -0.258 e. The predicted molar refractivity (Wildman–Crippen MR) is 104 cm³/mol. The maximum Gasteiger partial charge on any atom is 0.270 e. The Morgan fingerprint density at radius 1 is 1.27 bits per heavy atom. The van der Waals surface area contributed by atoms with Crippen LogP contribution in [0.3, 0.4) is 0 Å². The molecule has 26 heavy (non-hydrogen) atoms. The standard InChI is InChI=1S/C18H9Cl2N3O2S/c19-13-4-5-15(16(20)8-13)17-10-26-18(22-17)12(9-21)6-11-2-1-3-14(7-11)23(24)25/h1-8,10H. The number of halogens is 2. The van der Waals surface area contributed by atoms with Gasteiger partial charge in [-0.1, -0.05) is 35.3 Å². The minimum atomic E-state index is -0.479. The number of aromatic nitrogens is 1. The Morgan fingerprint density at radius 3 is 2.77 bits per heavy atom. The number of nitro groups is 1. The van der Waals surface area contributed by atoms with Crippen molar-refractivity contribution in [3.8, 4) is 17.3 Å². The summed E-state index contributed by atoms with van der Waals surface area (Å²) < 4.78 is 0. The SMILES string of the molecule is N#CC(=Cc1cccc([N+](=O)[O-])c1)c1nc(-c2ccc(Cl)cc2Cl)cs1. The highest BCUT2D eigenvalue weighted by molar-refractivity contribution is 7.11. The molecule has 0 N–H and O–H groups in total. The van der Waals surface area contributed by atoms with Gasteiger partial charge >= 0.3 is 0 Å². The molecule has 0 aliphatic rings. The van der Waals surface area contributed by atoms with E-state index in [0.717, 1.165) is 0 Å². The molecule has 3 rings (SSSR count). The number of hydrogen-bond acceptors (Lipinski definition) is 5. The molecular formula is C18H9Cl2N3O2S. The summed E-state index contributed by atoms with van der Waals surface area (Å²) in [5.74, 6) is 0. The van der Waals surface area contributed by atoms with Crippen molar-refractivity contribution < 1.29 is 4.92 Å². The fourth-order valence-electron chi connectivity index (χ4n) is 2.25. The summed E-state index contributed by atoms with van der Waals surface area (Å²) in [7, 11) is 0. The molecule has 1 heterocycles. The highest BCUT2D eigenvalue weighted by atomic mass is 35.5. The second kappa shape index (κ2) is 7.67. The van der Waals surface area contributed by atoms with E-state index in [9.17, 15) is 15.4 Å². The zero-order valence-corrected chi connectivity index (χ0v) is 15.3. The Bertz CT molecular complexity index is 1070. The predicted octanol–water partition coefficient (Wildman–Crippen LogP) is 6.09. The number of non-ortho nitro benzene ring substituents is 1. The van der Waals surface area contributed by atoms with Crippen molar-refractivity contribution in [1.82, 2.24) is 4.98 Å². The highest BCUT2D eigenvalue weighted by Gasteiger charge is 2.12. The quantitative estimate of drug-likeness (QED) is 0.301. The molecule has 0 fully saturated rings. The van der Waals surface area contributed by atoms with Crippen molar-refractivity contribution in [2.45, 2.75) is 0 Å². The van der Waals surface area contributed by atoms with Crippen molar-refractivity contribution in [1.29, 1.82) is 5.26 Å². The second-order valence-electron chi connectivity index (χ2n) is 5.18. The molecule has 0 aliphatic carbocycles. The number of hydrogen-bond donors (Lipinski definition) is 0. The number of allylic oxidation sites excluding steroid dienone is 1. The number of rotatable bonds is 4. The molecule has 8 heteroatoms. The van der Waals surface area contributed by atoms with Crippen LogP contribution in [-0.4, -0.2) is 9.91 Å². The van der Waals surface area contributed by atoms with Gasteiger partial charge in [0.15, 0.2) is 0 Å². The van der Waals surface area contributed by atoms with E-state index in [2.05, 4.69) is 11.1 Å². The zero-order valence-electron chi connectivity index (χ0n) is 13.0. The van der Waals surface area contributed by atoms with Gasteiger partial charge in [-0.15, -0.1) is 11.3 Å². The Hall–Kier alpha value is -2.72. The molecule has 0 unspecified atom stereocenters. The third-order valence-corrected chi connectivity index (χ3v) is 4.88. The molecule has 0 atom stereocenters. The molecule has 128 valence electrons. The second-order valence-corrected chi connectivity index (χ2v) is 6.89. The maximum absolute atomic E-state index is 10.9. The third kappa shape index (κ3) is 3.92. The molecule has 0 bridgehead atoms. The first kappa shape index (κ1) is 18.1. The van der Waals surface area contributed by atoms with E-state index < -0.39 is 4.92 Å². The lowest BCUT2D eigenvalue weighted by molar-refractivity contribution is -0.384. The van der Waals surface area contributed by atoms with Crippen LogP contribution in [0.5, 0.6) is 0 Å². The lowest BCUT2D eigenvalue weighted by atomic mass is 10.1. The summed E-state index contributed by atoms with van der Waals surface area (Å²) in [6.45, 7) is 0. The van der Waals surface area contributed by atoms with Crippen LogP contribution >= 0.6 is 34.5 Å². The number of thiazole rings is 1. The minimum absolute atomic E-state index is 0.0381. The first-order chi connectivity index (χ1) is 12.5. The average molecular weight is 402 g/mol. The summed E-state index contributed by atoms with van der Waals surface area (Å²) in [6.07, 6.45) is 1.57. The molecule has 5 nitrogen and oxygen atoms in total. The fourth-order valence-corrected chi connectivity index (χ4v) is 3.55. The van der Waals surface area contributed by atoms with Crippen LogP contribution in [0.15, 0.2) is 47.8 Å². The molecule has 0 radical (unpaired) electrons. The van der Waals surface area contributed by atoms with Gasteiger partial charge in [-0.3, -0.25) is 10.1 Å². The number of nitro benzene ring substituents is 1. The van der Waals surface area contributed by atoms with Crippen LogP contribution in [0.25, 0.3) is 22.9 Å². The summed E-state index contributed by atoms with van der Waals surface area (Å²) in [4.78, 5) is 14.9. The maximum atomic E-state index is 10.9. The van der Waals surface area contributed by atoms with Gasteiger partial charge in [-0.25, -0.2) is 4.98 Å². The van der Waals surface area contributed by atoms with Gasteiger partial charge < -0.3 is 0 Å². The fraction of sp³-hybridized carbons (Fsp3) is 0. The van der Waals surface area contributed by atoms with E-state index in [-0.39, 0.29) is 5.69 Å². The number of nitrogens with zero attached hydrogens (tertiary/aromatic N) is 3. The van der Waals surface area contributed by atoms with E-state index in [1.165, 1.54) is 23.5 Å². The zero-order chi connectivity index (χ0) is 18.7. The van der Waals surface area contributed by atoms with Gasteiger partial charge in [-0.2, -0.15) is 5.26 Å². The Kier molecular flexibility index (Phi) is 5.33. The van der Waals surface area contributed by atoms with E-state index in [0.29, 0.717) is 37.4 Å². The van der Waals surface area contributed by atoms with Crippen LogP contribution in [0.4, 0.5) is 5.69 Å². The lowest BCUT2D eigenvalue weighted by Gasteiger charge is -2.01. The largest absolute Gasteiger partial charge is 0.270 e. The summed E-state index contributed by atoms with van der Waals surface area (Å²) >= 11 is 13.4. The normalized spacial score (nSPS) is 11.2. The first-order valence-corrected chi connectivity index (χ1v) is 8.89. The van der Waals surface area contributed by atoms with E-state index in [1.807, 2.05) is 0 Å². The average Bonchev–Trinajstić information content (AvgIpc) is 3.09. The van der Waals surface area contributed by atoms with Crippen molar-refractivity contribution in [3.63, 3.8) is 0 Å². The lowest BCUT2D eigenvalue weighted by Crippen LogP contribution is -1.88. The molecule has 2 aromatic carbocycles. The summed E-state index contributed by atoms with van der Waals surface area (Å²) in [6, 6.07) is 13.3. The molecule has 0 aliphatic heterocycles. The molecular weight excluding hydrogens is 393 g/mol. The van der Waals surface area contributed by atoms with Crippen molar-refractivity contribution in [2.24, 2.45) is 0 Å². The Balaban J connectivity index is 1.97. The number of benzene rings is 2. The topological polar surface area (TPSA) is 79.8 Å². The monoisotopic (exact) mass is 401 g/mol. The molecule has 3 aromatic rings. The molecule has 0 spiro atoms. The van der Waals surface area contributed by atoms with Crippen molar-refractivity contribution in [2.75, 3.05) is 0 Å². The van der Waals surface area contributed by atoms with Gasteiger partial charge in [-0.05, 0) is 29.8 Å². The first-order valence-electron chi connectivity index (χ1n) is 7.25. The van der Waals surface area contributed by atoms with Gasteiger partial charge in [0.25, 0.3) is 5.69 Å². The van der Waals surface area contributed by atoms with Crippen LogP contribution < -0.4 is 0 Å². The van der Waals surface area contributed by atoms with Crippen molar-refractivity contribution in [3.05, 3.63) is 78.6 Å². The van der Waals surface area contributed by atoms with Crippen molar-refractivity contribution >= 4 is 51.9 Å². The summed E-state index contributed by atoms with van der Waals surface area (Å²) in [5, 5.41) is 23.6. The van der Waals surface area contributed by atoms with E-state index in [1.54, 1.807) is 41.8 Å².